The third-order valence-corrected chi connectivity index (χ3v) is 4.36. The van der Waals surface area contributed by atoms with Crippen molar-refractivity contribution in [1.82, 2.24) is 10.6 Å². The predicted octanol–water partition coefficient (Wildman–Crippen LogP) is 3.32. The van der Waals surface area contributed by atoms with Crippen LogP contribution < -0.4 is 16.4 Å². The molecule has 0 fully saturated rings. The van der Waals surface area contributed by atoms with Crippen molar-refractivity contribution in [2.24, 2.45) is 5.73 Å². The van der Waals surface area contributed by atoms with E-state index in [1.54, 1.807) is 0 Å². The molecule has 0 rings (SSSR count). The molecule has 5 N–H and O–H groups in total. The highest BCUT2D eigenvalue weighted by atomic mass is 16.4. The number of amides is 3. The Morgan fingerprint density at radius 3 is 1.92 bits per heavy atom. The molecule has 0 saturated heterocycles. The number of nitrogens with two attached hydrogens (primary N) is 1. The Labute approximate surface area is 157 Å². The lowest BCUT2D eigenvalue weighted by atomic mass is 10.1. The molecular weight excluding hydrogens is 334 g/mol. The summed E-state index contributed by atoms with van der Waals surface area (Å²) < 4.78 is 0. The molecule has 1 atom stereocenters. The van der Waals surface area contributed by atoms with Crippen LogP contribution in [0.3, 0.4) is 0 Å². The molecule has 0 radical (unpaired) electrons. The quantitative estimate of drug-likeness (QED) is 0.293. The van der Waals surface area contributed by atoms with E-state index in [0.29, 0.717) is 19.4 Å². The molecule has 0 bridgehead atoms. The number of hydrogen-bond acceptors (Lipinski definition) is 3. The molecule has 0 heterocycles. The first-order chi connectivity index (χ1) is 12.5. The number of unbranched alkanes of at least 4 members (excludes halogenated alkanes) is 9. The highest BCUT2D eigenvalue weighted by Gasteiger charge is 2.19. The lowest BCUT2D eigenvalue weighted by Crippen LogP contribution is -2.41. The average Bonchev–Trinajstić information content (AvgIpc) is 2.58. The lowest BCUT2D eigenvalue weighted by Gasteiger charge is -2.14. The summed E-state index contributed by atoms with van der Waals surface area (Å²) >= 11 is 0. The summed E-state index contributed by atoms with van der Waals surface area (Å²) in [4.78, 5) is 33.6. The summed E-state index contributed by atoms with van der Waals surface area (Å²) in [5, 5.41) is 14.1. The standard InChI is InChI=1S/C19H37N3O4/c1-2-3-4-5-6-7-8-9-10-11-14-17(23)22-16(18(24)25)13-12-15-21-19(20)26/h16H,2-15H2,1H3,(H,22,23)(H,24,25)(H3,20,21,26)/t16-/m0/s1. The van der Waals surface area contributed by atoms with Crippen molar-refractivity contribution in [2.75, 3.05) is 6.54 Å². The van der Waals surface area contributed by atoms with Crippen LogP contribution in [0.25, 0.3) is 0 Å². The number of rotatable bonds is 17. The summed E-state index contributed by atoms with van der Waals surface area (Å²) in [5.41, 5.74) is 4.94. The summed E-state index contributed by atoms with van der Waals surface area (Å²) in [7, 11) is 0. The number of carbonyl (C=O) groups is 3. The number of nitrogens with one attached hydrogen (secondary N) is 2. The maximum atomic E-state index is 11.9. The van der Waals surface area contributed by atoms with Crippen molar-refractivity contribution in [3.8, 4) is 0 Å². The highest BCUT2D eigenvalue weighted by Crippen LogP contribution is 2.11. The zero-order valence-corrected chi connectivity index (χ0v) is 16.2. The van der Waals surface area contributed by atoms with Crippen LogP contribution in [0.5, 0.6) is 0 Å². The van der Waals surface area contributed by atoms with Crippen molar-refractivity contribution in [1.29, 1.82) is 0 Å². The van der Waals surface area contributed by atoms with Gasteiger partial charge in [-0.05, 0) is 19.3 Å². The average molecular weight is 372 g/mol. The SMILES string of the molecule is CCCCCCCCCCCCC(=O)N[C@@H](CCCNC(N)=O)C(=O)O. The molecule has 0 aromatic heterocycles. The minimum atomic E-state index is -1.06. The first-order valence-electron chi connectivity index (χ1n) is 10.0. The van der Waals surface area contributed by atoms with Crippen molar-refractivity contribution < 1.29 is 19.5 Å². The topological polar surface area (TPSA) is 122 Å². The van der Waals surface area contributed by atoms with Crippen LogP contribution in [-0.2, 0) is 9.59 Å². The molecule has 26 heavy (non-hydrogen) atoms. The van der Waals surface area contributed by atoms with E-state index in [2.05, 4.69) is 17.6 Å². The number of hydrogen-bond donors (Lipinski definition) is 4. The van der Waals surface area contributed by atoms with E-state index in [0.717, 1.165) is 19.3 Å². The van der Waals surface area contributed by atoms with Crippen LogP contribution in [0.4, 0.5) is 4.79 Å². The second-order valence-corrected chi connectivity index (χ2v) is 6.82. The molecule has 0 unspecified atom stereocenters. The third kappa shape index (κ3) is 15.7. The van der Waals surface area contributed by atoms with Gasteiger partial charge in [-0.1, -0.05) is 64.7 Å². The molecule has 0 aromatic carbocycles. The van der Waals surface area contributed by atoms with Gasteiger partial charge in [-0.15, -0.1) is 0 Å². The van der Waals surface area contributed by atoms with Gasteiger partial charge in [-0.25, -0.2) is 9.59 Å². The summed E-state index contributed by atoms with van der Waals surface area (Å²) in [5.74, 6) is -1.28. The Morgan fingerprint density at radius 1 is 0.885 bits per heavy atom. The number of carboxylic acids is 1. The van der Waals surface area contributed by atoms with Crippen LogP contribution >= 0.6 is 0 Å². The summed E-state index contributed by atoms with van der Waals surface area (Å²) in [6, 6.07) is -1.55. The maximum Gasteiger partial charge on any atom is 0.326 e. The fourth-order valence-electron chi connectivity index (χ4n) is 2.81. The fraction of sp³-hybridized carbons (Fsp3) is 0.842. The molecule has 0 aliphatic heterocycles. The Kier molecular flexibility index (Phi) is 15.5. The van der Waals surface area contributed by atoms with Gasteiger partial charge in [0.2, 0.25) is 5.91 Å². The first kappa shape index (κ1) is 24.2. The van der Waals surface area contributed by atoms with Gasteiger partial charge in [0, 0.05) is 13.0 Å². The smallest absolute Gasteiger partial charge is 0.326 e. The van der Waals surface area contributed by atoms with E-state index >= 15 is 0 Å². The van der Waals surface area contributed by atoms with E-state index < -0.39 is 18.0 Å². The molecule has 7 nitrogen and oxygen atoms in total. The molecule has 0 spiro atoms. The normalized spacial score (nSPS) is 11.7. The lowest BCUT2D eigenvalue weighted by molar-refractivity contribution is -0.142. The van der Waals surface area contributed by atoms with Crippen molar-refractivity contribution >= 4 is 17.9 Å². The van der Waals surface area contributed by atoms with Crippen LogP contribution in [0.2, 0.25) is 0 Å². The zero-order valence-electron chi connectivity index (χ0n) is 16.2. The molecule has 0 aliphatic rings. The molecule has 152 valence electrons. The monoisotopic (exact) mass is 371 g/mol. The van der Waals surface area contributed by atoms with E-state index in [9.17, 15) is 14.4 Å². The van der Waals surface area contributed by atoms with Gasteiger partial charge >= 0.3 is 12.0 Å². The van der Waals surface area contributed by atoms with E-state index in [-0.39, 0.29) is 12.3 Å². The number of carboxylic acid groups (broad SMARTS) is 1. The van der Waals surface area contributed by atoms with Crippen molar-refractivity contribution in [2.45, 2.75) is 96.4 Å². The first-order valence-corrected chi connectivity index (χ1v) is 10.0. The van der Waals surface area contributed by atoms with Crippen LogP contribution in [-0.4, -0.2) is 35.6 Å². The fourth-order valence-corrected chi connectivity index (χ4v) is 2.81. The van der Waals surface area contributed by atoms with Crippen LogP contribution in [0.1, 0.15) is 90.4 Å². The van der Waals surface area contributed by atoms with Crippen molar-refractivity contribution in [3.05, 3.63) is 0 Å². The van der Waals surface area contributed by atoms with Gasteiger partial charge in [0.1, 0.15) is 6.04 Å². The Bertz CT molecular complexity index is 402. The Balaban J connectivity index is 3.67. The number of aliphatic carboxylic acids is 1. The molecule has 0 saturated carbocycles. The van der Waals surface area contributed by atoms with Crippen LogP contribution in [0.15, 0.2) is 0 Å². The van der Waals surface area contributed by atoms with Gasteiger partial charge in [-0.3, -0.25) is 4.79 Å². The maximum absolute atomic E-state index is 11.9. The summed E-state index contributed by atoms with van der Waals surface area (Å²) in [6.45, 7) is 2.52. The van der Waals surface area contributed by atoms with E-state index in [1.165, 1.54) is 44.9 Å². The van der Waals surface area contributed by atoms with Gasteiger partial charge in [0.15, 0.2) is 0 Å². The zero-order chi connectivity index (χ0) is 19.6. The van der Waals surface area contributed by atoms with Gasteiger partial charge in [-0.2, -0.15) is 0 Å². The summed E-state index contributed by atoms with van der Waals surface area (Å²) in [6.07, 6.45) is 13.0. The minimum Gasteiger partial charge on any atom is -0.480 e. The predicted molar refractivity (Wildman–Crippen MR) is 103 cm³/mol. The highest BCUT2D eigenvalue weighted by molar-refractivity contribution is 5.83. The molecule has 0 aromatic rings. The molecule has 0 aliphatic carbocycles. The minimum absolute atomic E-state index is 0.222. The second kappa shape index (κ2) is 16.7. The second-order valence-electron chi connectivity index (χ2n) is 6.82. The van der Waals surface area contributed by atoms with Crippen molar-refractivity contribution in [3.63, 3.8) is 0 Å². The number of primary amides is 1. The Morgan fingerprint density at radius 2 is 1.42 bits per heavy atom. The van der Waals surface area contributed by atoms with Gasteiger partial charge in [0.05, 0.1) is 0 Å². The Hall–Kier alpha value is -1.79. The third-order valence-electron chi connectivity index (χ3n) is 4.36. The van der Waals surface area contributed by atoms with E-state index in [4.69, 9.17) is 10.8 Å². The number of carbonyl (C=O) groups excluding carboxylic acids is 2. The molecule has 7 heteroatoms. The van der Waals surface area contributed by atoms with Gasteiger partial charge in [0.25, 0.3) is 0 Å². The number of urea groups is 1. The molecular formula is C19H37N3O4. The molecule has 3 amide bonds. The van der Waals surface area contributed by atoms with Crippen LogP contribution in [0, 0.1) is 0 Å². The van der Waals surface area contributed by atoms with E-state index in [1.807, 2.05) is 0 Å². The largest absolute Gasteiger partial charge is 0.480 e. The van der Waals surface area contributed by atoms with Gasteiger partial charge < -0.3 is 21.5 Å².